The molecule has 0 radical (unpaired) electrons. The molecule has 0 aliphatic rings. The second-order valence-corrected chi connectivity index (χ2v) is 3.04. The Kier molecular flexibility index (Phi) is 3.02. The quantitative estimate of drug-likeness (QED) is 0.635. The average Bonchev–Trinajstić information content (AvgIpc) is 2.08. The van der Waals surface area contributed by atoms with E-state index in [0.29, 0.717) is 4.43 Å². The molecule has 2 N–H and O–H groups in total. The van der Waals surface area contributed by atoms with Gasteiger partial charge in [0.1, 0.15) is 0 Å². The lowest BCUT2D eigenvalue weighted by molar-refractivity contribution is 0.0695. The first-order chi connectivity index (χ1) is 6.06. The summed E-state index contributed by atoms with van der Waals surface area (Å²) in [5.74, 6) is -2.33. The van der Waals surface area contributed by atoms with Gasteiger partial charge in [-0.25, -0.2) is 9.18 Å². The number of alkyl halides is 1. The summed E-state index contributed by atoms with van der Waals surface area (Å²) >= 11 is 1.88. The van der Waals surface area contributed by atoms with E-state index in [9.17, 15) is 14.0 Å². The van der Waals surface area contributed by atoms with Crippen LogP contribution in [0.15, 0.2) is 10.9 Å². The molecule has 1 heterocycles. The van der Waals surface area contributed by atoms with Crippen LogP contribution in [-0.2, 0) is 4.43 Å². The van der Waals surface area contributed by atoms with Gasteiger partial charge in [0.05, 0.1) is 5.56 Å². The van der Waals surface area contributed by atoms with Crippen LogP contribution in [0.4, 0.5) is 4.39 Å². The van der Waals surface area contributed by atoms with Crippen molar-refractivity contribution in [1.82, 2.24) is 4.98 Å². The van der Waals surface area contributed by atoms with Crippen molar-refractivity contribution in [3.8, 4) is 0 Å². The summed E-state index contributed by atoms with van der Waals surface area (Å²) in [6.45, 7) is 0. The highest BCUT2D eigenvalue weighted by Gasteiger charge is 2.12. The minimum Gasteiger partial charge on any atom is -0.478 e. The summed E-state index contributed by atoms with van der Waals surface area (Å²) in [6.07, 6.45) is 0. The summed E-state index contributed by atoms with van der Waals surface area (Å²) in [5.41, 5.74) is -0.873. The number of rotatable bonds is 2. The topological polar surface area (TPSA) is 70.2 Å². The van der Waals surface area contributed by atoms with E-state index < -0.39 is 17.3 Å². The number of aromatic nitrogens is 1. The molecule has 0 aromatic carbocycles. The van der Waals surface area contributed by atoms with E-state index in [1.807, 2.05) is 22.6 Å². The number of hydrogen-bond donors (Lipinski definition) is 2. The number of pyridine rings is 1. The van der Waals surface area contributed by atoms with Crippen molar-refractivity contribution in [3.05, 3.63) is 33.5 Å². The summed E-state index contributed by atoms with van der Waals surface area (Å²) in [5, 5.41) is 8.62. The van der Waals surface area contributed by atoms with Gasteiger partial charge in [-0.05, 0) is 6.07 Å². The Morgan fingerprint density at radius 1 is 1.69 bits per heavy atom. The van der Waals surface area contributed by atoms with Gasteiger partial charge in [0.2, 0.25) is 0 Å². The minimum absolute atomic E-state index is 0.202. The van der Waals surface area contributed by atoms with E-state index in [1.165, 1.54) is 0 Å². The molecule has 70 valence electrons. The molecule has 0 unspecified atom stereocenters. The smallest absolute Gasteiger partial charge is 0.337 e. The third-order valence-corrected chi connectivity index (χ3v) is 2.20. The normalized spacial score (nSPS) is 10.0. The lowest BCUT2D eigenvalue weighted by Gasteiger charge is -2.01. The van der Waals surface area contributed by atoms with E-state index in [4.69, 9.17) is 5.11 Å². The highest BCUT2D eigenvalue weighted by atomic mass is 127. The first kappa shape index (κ1) is 10.2. The Morgan fingerprint density at radius 2 is 2.31 bits per heavy atom. The largest absolute Gasteiger partial charge is 0.478 e. The fourth-order valence-corrected chi connectivity index (χ4v) is 1.44. The number of halogens is 2. The molecule has 1 aromatic rings. The third kappa shape index (κ3) is 2.06. The second-order valence-electron chi connectivity index (χ2n) is 2.28. The molecule has 0 bridgehead atoms. The van der Waals surface area contributed by atoms with E-state index >= 15 is 0 Å². The van der Waals surface area contributed by atoms with E-state index in [2.05, 4.69) is 4.98 Å². The Bertz CT molecular complexity index is 401. The Hall–Kier alpha value is -0.920. The van der Waals surface area contributed by atoms with Crippen LogP contribution in [0.2, 0.25) is 0 Å². The molecule has 0 atom stereocenters. The number of carboxylic acid groups (broad SMARTS) is 1. The van der Waals surface area contributed by atoms with Gasteiger partial charge in [-0.1, -0.05) is 22.6 Å². The molecule has 0 saturated carbocycles. The van der Waals surface area contributed by atoms with Crippen LogP contribution in [-0.4, -0.2) is 16.1 Å². The third-order valence-electron chi connectivity index (χ3n) is 1.44. The molecule has 0 aliphatic carbocycles. The van der Waals surface area contributed by atoms with Crippen molar-refractivity contribution < 1.29 is 14.3 Å². The summed E-state index contributed by atoms with van der Waals surface area (Å²) in [7, 11) is 0. The van der Waals surface area contributed by atoms with Crippen LogP contribution in [0.5, 0.6) is 0 Å². The van der Waals surface area contributed by atoms with Crippen molar-refractivity contribution in [1.29, 1.82) is 0 Å². The summed E-state index contributed by atoms with van der Waals surface area (Å²) in [4.78, 5) is 23.5. The number of nitrogens with one attached hydrogen (secondary N) is 1. The molecule has 0 spiro atoms. The molecule has 1 rings (SSSR count). The molecule has 0 saturated heterocycles. The number of carboxylic acids is 1. The highest BCUT2D eigenvalue weighted by Crippen LogP contribution is 2.09. The van der Waals surface area contributed by atoms with Crippen LogP contribution < -0.4 is 5.56 Å². The minimum atomic E-state index is -1.25. The molecule has 6 heteroatoms. The Labute approximate surface area is 85.9 Å². The second kappa shape index (κ2) is 3.86. The predicted octanol–water partition coefficient (Wildman–Crippen LogP) is 1.15. The Morgan fingerprint density at radius 3 is 2.77 bits per heavy atom. The summed E-state index contributed by atoms with van der Waals surface area (Å²) < 4.78 is 13.0. The van der Waals surface area contributed by atoms with Gasteiger partial charge >= 0.3 is 5.97 Å². The fourth-order valence-electron chi connectivity index (χ4n) is 0.840. The molecule has 0 aliphatic heterocycles. The number of H-pyrrole nitrogens is 1. The van der Waals surface area contributed by atoms with Crippen LogP contribution in [0.25, 0.3) is 0 Å². The van der Waals surface area contributed by atoms with Crippen molar-refractivity contribution in [2.75, 3.05) is 0 Å². The molecule has 0 amide bonds. The zero-order chi connectivity index (χ0) is 10.0. The molecular weight excluding hydrogens is 292 g/mol. The van der Waals surface area contributed by atoms with Crippen molar-refractivity contribution in [3.63, 3.8) is 0 Å². The average molecular weight is 297 g/mol. The first-order valence-electron chi connectivity index (χ1n) is 3.27. The standard InChI is InChI=1S/C7H5FINO3/c8-4-1-3(7(12)13)5(2-9)10-6(4)11/h1H,2H2,(H,10,11)(H,12,13). The first-order valence-corrected chi connectivity index (χ1v) is 4.79. The SMILES string of the molecule is O=C(O)c1cc(F)c(=O)[nH]c1CI. The maximum atomic E-state index is 12.6. The number of carbonyl (C=O) groups is 1. The van der Waals surface area contributed by atoms with Gasteiger partial charge in [0.15, 0.2) is 5.82 Å². The lowest BCUT2D eigenvalue weighted by Crippen LogP contribution is -2.16. The van der Waals surface area contributed by atoms with Gasteiger partial charge in [0.25, 0.3) is 5.56 Å². The summed E-state index contributed by atoms with van der Waals surface area (Å²) in [6, 6.07) is 0.731. The number of aromatic carboxylic acids is 1. The van der Waals surface area contributed by atoms with Gasteiger partial charge in [0, 0.05) is 10.1 Å². The van der Waals surface area contributed by atoms with E-state index in [1.54, 1.807) is 0 Å². The molecule has 1 aromatic heterocycles. The number of aromatic amines is 1. The zero-order valence-corrected chi connectivity index (χ0v) is 8.46. The Balaban J connectivity index is 3.42. The fraction of sp³-hybridized carbons (Fsp3) is 0.143. The van der Waals surface area contributed by atoms with E-state index in [0.717, 1.165) is 6.07 Å². The monoisotopic (exact) mass is 297 g/mol. The number of hydrogen-bond acceptors (Lipinski definition) is 2. The van der Waals surface area contributed by atoms with Gasteiger partial charge in [-0.3, -0.25) is 4.79 Å². The molecular formula is C7H5FINO3. The van der Waals surface area contributed by atoms with Crippen molar-refractivity contribution >= 4 is 28.6 Å². The molecule has 0 fully saturated rings. The van der Waals surface area contributed by atoms with Gasteiger partial charge in [-0.15, -0.1) is 0 Å². The molecule has 4 nitrogen and oxygen atoms in total. The van der Waals surface area contributed by atoms with Crippen LogP contribution in [0, 0.1) is 5.82 Å². The maximum Gasteiger partial charge on any atom is 0.337 e. The lowest BCUT2D eigenvalue weighted by atomic mass is 10.2. The predicted molar refractivity (Wildman–Crippen MR) is 51.7 cm³/mol. The van der Waals surface area contributed by atoms with Crippen molar-refractivity contribution in [2.45, 2.75) is 4.43 Å². The van der Waals surface area contributed by atoms with Crippen LogP contribution in [0.1, 0.15) is 16.1 Å². The molecule has 13 heavy (non-hydrogen) atoms. The van der Waals surface area contributed by atoms with Gasteiger partial charge in [-0.2, -0.15) is 0 Å². The maximum absolute atomic E-state index is 12.6. The van der Waals surface area contributed by atoms with Crippen LogP contribution in [0.3, 0.4) is 0 Å². The van der Waals surface area contributed by atoms with Crippen molar-refractivity contribution in [2.24, 2.45) is 0 Å². The highest BCUT2D eigenvalue weighted by molar-refractivity contribution is 14.1. The van der Waals surface area contributed by atoms with E-state index in [-0.39, 0.29) is 11.3 Å². The van der Waals surface area contributed by atoms with Crippen LogP contribution >= 0.6 is 22.6 Å². The van der Waals surface area contributed by atoms with Gasteiger partial charge < -0.3 is 10.1 Å². The zero-order valence-electron chi connectivity index (χ0n) is 6.30.